The van der Waals surface area contributed by atoms with Crippen LogP contribution in [0.25, 0.3) is 4.96 Å². The predicted molar refractivity (Wildman–Crippen MR) is 101 cm³/mol. The second kappa shape index (κ2) is 6.89. The molecule has 2 aromatic heterocycles. The Kier molecular flexibility index (Phi) is 4.58. The van der Waals surface area contributed by atoms with Crippen LogP contribution in [0.2, 0.25) is 0 Å². The van der Waals surface area contributed by atoms with E-state index in [2.05, 4.69) is 23.1 Å². The zero-order chi connectivity index (χ0) is 18.3. The fourth-order valence-corrected chi connectivity index (χ4v) is 5.09. The van der Waals surface area contributed by atoms with Crippen LogP contribution in [0.3, 0.4) is 0 Å². The first kappa shape index (κ1) is 17.3. The Bertz CT molecular complexity index is 912. The van der Waals surface area contributed by atoms with Crippen LogP contribution in [0, 0.1) is 12.8 Å². The molecular formula is C19H25N4O2S+. The summed E-state index contributed by atoms with van der Waals surface area (Å²) in [6.45, 7) is 6.32. The first-order chi connectivity index (χ1) is 12.6. The van der Waals surface area contributed by atoms with E-state index in [4.69, 9.17) is 4.74 Å². The number of aryl methyl sites for hydroxylation is 1. The van der Waals surface area contributed by atoms with E-state index in [9.17, 15) is 5.11 Å². The average molecular weight is 374 g/mol. The van der Waals surface area contributed by atoms with Crippen molar-refractivity contribution in [3.63, 3.8) is 0 Å². The minimum absolute atomic E-state index is 0.0208. The lowest BCUT2D eigenvalue weighted by molar-refractivity contribution is -0.931. The van der Waals surface area contributed by atoms with Gasteiger partial charge in [0, 0.05) is 0 Å². The van der Waals surface area contributed by atoms with E-state index < -0.39 is 0 Å². The van der Waals surface area contributed by atoms with Gasteiger partial charge >= 0.3 is 0 Å². The minimum Gasteiger partial charge on any atom is -0.496 e. The van der Waals surface area contributed by atoms with Gasteiger partial charge in [0.1, 0.15) is 16.5 Å². The molecule has 1 aliphatic heterocycles. The van der Waals surface area contributed by atoms with Gasteiger partial charge in [-0.3, -0.25) is 0 Å². The molecule has 1 fully saturated rings. The summed E-state index contributed by atoms with van der Waals surface area (Å²) in [6.07, 6.45) is 2.39. The fraction of sp³-hybridized carbons (Fsp3) is 0.474. The summed E-state index contributed by atoms with van der Waals surface area (Å²) in [5.41, 5.74) is 1.11. The zero-order valence-electron chi connectivity index (χ0n) is 15.4. The molecule has 6 nitrogen and oxygen atoms in total. The molecule has 1 saturated heterocycles. The zero-order valence-corrected chi connectivity index (χ0v) is 16.2. The van der Waals surface area contributed by atoms with Gasteiger partial charge in [-0.25, -0.2) is 4.98 Å². The molecule has 1 aliphatic rings. The number of piperidine rings is 1. The molecule has 2 N–H and O–H groups in total. The van der Waals surface area contributed by atoms with Crippen molar-refractivity contribution in [3.8, 4) is 11.6 Å². The maximum atomic E-state index is 10.9. The summed E-state index contributed by atoms with van der Waals surface area (Å²) in [5, 5.41) is 15.2. The molecule has 0 aliphatic carbocycles. The highest BCUT2D eigenvalue weighted by Crippen LogP contribution is 2.38. The van der Waals surface area contributed by atoms with Gasteiger partial charge in [-0.05, 0) is 37.8 Å². The summed E-state index contributed by atoms with van der Waals surface area (Å²) in [7, 11) is 1.70. The number of hydrogen-bond acceptors (Lipinski definition) is 5. The number of quaternary nitrogens is 1. The third-order valence-corrected chi connectivity index (χ3v) is 6.43. The third kappa shape index (κ3) is 2.95. The number of nitrogens with zero attached hydrogens (tertiary/aromatic N) is 3. The van der Waals surface area contributed by atoms with E-state index in [1.807, 2.05) is 25.1 Å². The second-order valence-corrected chi connectivity index (χ2v) is 8.17. The van der Waals surface area contributed by atoms with E-state index in [1.165, 1.54) is 29.1 Å². The van der Waals surface area contributed by atoms with E-state index >= 15 is 0 Å². The van der Waals surface area contributed by atoms with Gasteiger partial charge in [-0.15, -0.1) is 5.10 Å². The Morgan fingerprint density at radius 2 is 2.04 bits per heavy atom. The fourth-order valence-electron chi connectivity index (χ4n) is 3.91. The van der Waals surface area contributed by atoms with Gasteiger partial charge in [-0.1, -0.05) is 30.4 Å². The van der Waals surface area contributed by atoms with Crippen molar-refractivity contribution in [1.29, 1.82) is 0 Å². The van der Waals surface area contributed by atoms with Crippen LogP contribution >= 0.6 is 11.3 Å². The van der Waals surface area contributed by atoms with Crippen molar-refractivity contribution in [2.24, 2.45) is 5.92 Å². The molecule has 0 saturated carbocycles. The molecule has 0 radical (unpaired) electrons. The normalized spacial score (nSPS) is 21.8. The van der Waals surface area contributed by atoms with Crippen molar-refractivity contribution in [2.45, 2.75) is 32.7 Å². The molecule has 4 rings (SSSR count). The number of methoxy groups -OCH3 is 1. The molecule has 0 unspecified atom stereocenters. The molecule has 3 aromatic rings. The molecular weight excluding hydrogens is 348 g/mol. The lowest BCUT2D eigenvalue weighted by Crippen LogP contribution is -3.13. The van der Waals surface area contributed by atoms with Crippen LogP contribution in [0.4, 0.5) is 0 Å². The number of hydrogen-bond donors (Lipinski definition) is 2. The first-order valence-corrected chi connectivity index (χ1v) is 9.92. The number of benzene rings is 1. The highest BCUT2D eigenvalue weighted by atomic mass is 32.1. The predicted octanol–water partition coefficient (Wildman–Crippen LogP) is 2.22. The Morgan fingerprint density at radius 3 is 2.73 bits per heavy atom. The van der Waals surface area contributed by atoms with Gasteiger partial charge in [0.15, 0.2) is 6.04 Å². The molecule has 7 heteroatoms. The SMILES string of the molecule is COc1ccccc1[C@H](c1sc2nc(C)nn2c1O)[NH+]1CCC(C)CC1. The lowest BCUT2D eigenvalue weighted by Gasteiger charge is -2.33. The van der Waals surface area contributed by atoms with Gasteiger partial charge in [-0.2, -0.15) is 4.52 Å². The standard InChI is InChI=1S/C19H24N4O2S/c1-12-8-10-22(11-9-12)16(14-6-4-5-7-15(14)25-3)17-18(24)23-19(26-17)20-13(2)21-23/h4-7,12,16,24H,8-11H2,1-3H3/p+1/t16-/m1/s1. The number of nitrogens with one attached hydrogen (secondary N) is 1. The number of rotatable bonds is 4. The van der Waals surface area contributed by atoms with E-state index in [1.54, 1.807) is 11.6 Å². The van der Waals surface area contributed by atoms with E-state index in [-0.39, 0.29) is 11.9 Å². The molecule has 1 atom stereocenters. The molecule has 0 spiro atoms. The lowest BCUT2D eigenvalue weighted by atomic mass is 9.95. The highest BCUT2D eigenvalue weighted by molar-refractivity contribution is 7.17. The van der Waals surface area contributed by atoms with Crippen molar-refractivity contribution >= 4 is 16.3 Å². The maximum Gasteiger partial charge on any atom is 0.235 e. The second-order valence-electron chi connectivity index (χ2n) is 7.16. The van der Waals surface area contributed by atoms with Crippen LogP contribution < -0.4 is 9.64 Å². The highest BCUT2D eigenvalue weighted by Gasteiger charge is 2.36. The van der Waals surface area contributed by atoms with Crippen LogP contribution in [0.15, 0.2) is 24.3 Å². The maximum absolute atomic E-state index is 10.9. The molecule has 3 heterocycles. The molecule has 1 aromatic carbocycles. The Balaban J connectivity index is 1.84. The summed E-state index contributed by atoms with van der Waals surface area (Å²) >= 11 is 1.52. The monoisotopic (exact) mass is 373 g/mol. The topological polar surface area (TPSA) is 64.1 Å². The van der Waals surface area contributed by atoms with Crippen LogP contribution in [-0.2, 0) is 0 Å². The number of aromatic nitrogens is 3. The Morgan fingerprint density at radius 1 is 1.31 bits per heavy atom. The van der Waals surface area contributed by atoms with Gasteiger partial charge in [0.25, 0.3) is 0 Å². The van der Waals surface area contributed by atoms with Crippen molar-refractivity contribution < 1.29 is 14.7 Å². The Hall–Kier alpha value is -2.12. The molecule has 138 valence electrons. The minimum atomic E-state index is 0.0208. The van der Waals surface area contributed by atoms with E-state index in [0.29, 0.717) is 5.82 Å². The number of para-hydroxylation sites is 1. The van der Waals surface area contributed by atoms with Crippen molar-refractivity contribution in [3.05, 3.63) is 40.5 Å². The largest absolute Gasteiger partial charge is 0.496 e. The van der Waals surface area contributed by atoms with E-state index in [0.717, 1.165) is 40.2 Å². The summed E-state index contributed by atoms with van der Waals surface area (Å²) in [4.78, 5) is 7.55. The average Bonchev–Trinajstić information content (AvgIpc) is 3.15. The number of aromatic hydroxyl groups is 1. The number of thiazole rings is 1. The van der Waals surface area contributed by atoms with Crippen LogP contribution in [0.1, 0.15) is 42.1 Å². The van der Waals surface area contributed by atoms with Crippen LogP contribution in [-0.4, -0.2) is 39.9 Å². The number of likely N-dealkylation sites (tertiary alicyclic amines) is 1. The van der Waals surface area contributed by atoms with Gasteiger partial charge in [0.2, 0.25) is 10.8 Å². The molecule has 26 heavy (non-hydrogen) atoms. The van der Waals surface area contributed by atoms with Crippen molar-refractivity contribution in [2.75, 3.05) is 20.2 Å². The third-order valence-electron chi connectivity index (χ3n) is 5.34. The first-order valence-electron chi connectivity index (χ1n) is 9.11. The summed E-state index contributed by atoms with van der Waals surface area (Å²) in [5.74, 6) is 2.49. The number of ether oxygens (including phenoxy) is 1. The Labute approximate surface area is 157 Å². The smallest absolute Gasteiger partial charge is 0.235 e. The number of fused-ring (bicyclic) bond motifs is 1. The van der Waals surface area contributed by atoms with Gasteiger partial charge in [0.05, 0.1) is 25.8 Å². The molecule has 0 bridgehead atoms. The molecule has 0 amide bonds. The van der Waals surface area contributed by atoms with Crippen molar-refractivity contribution in [1.82, 2.24) is 14.6 Å². The quantitative estimate of drug-likeness (QED) is 0.736. The summed E-state index contributed by atoms with van der Waals surface area (Å²) < 4.78 is 7.21. The summed E-state index contributed by atoms with van der Waals surface area (Å²) in [6, 6.07) is 8.14. The van der Waals surface area contributed by atoms with Crippen LogP contribution in [0.5, 0.6) is 11.6 Å². The van der Waals surface area contributed by atoms with Gasteiger partial charge < -0.3 is 14.7 Å².